The average Bonchev–Trinajstić information content (AvgIpc) is 2.51. The minimum absolute atomic E-state index is 0.332. The molecule has 0 aliphatic rings. The number of amides is 1. The maximum Gasteiger partial charge on any atom is 0.256 e. The molecule has 116 valence electrons. The van der Waals surface area contributed by atoms with Crippen LogP contribution in [0.2, 0.25) is 5.02 Å². The highest BCUT2D eigenvalue weighted by Gasteiger charge is 2.28. The van der Waals surface area contributed by atoms with Crippen LogP contribution < -0.4 is 5.32 Å². The normalized spacial score (nSPS) is 13.5. The van der Waals surface area contributed by atoms with Gasteiger partial charge in [-0.3, -0.25) is 4.79 Å². The van der Waals surface area contributed by atoms with Crippen LogP contribution in [0, 0.1) is 0 Å². The van der Waals surface area contributed by atoms with E-state index in [9.17, 15) is 9.90 Å². The first-order valence-electron chi connectivity index (χ1n) is 6.98. The molecule has 5 heteroatoms. The Bertz CT molecular complexity index is 659. The molecular weight excluding hydrogens is 318 g/mol. The second-order valence-electron chi connectivity index (χ2n) is 5.14. The van der Waals surface area contributed by atoms with Crippen molar-refractivity contribution in [2.75, 3.05) is 5.32 Å². The Labute approximate surface area is 139 Å². The summed E-state index contributed by atoms with van der Waals surface area (Å²) in [6, 6.07) is 15.4. The zero-order chi connectivity index (χ0) is 16.2. The van der Waals surface area contributed by atoms with E-state index in [2.05, 4.69) is 5.32 Å². The molecular formula is C17H18ClNO2S. The van der Waals surface area contributed by atoms with Crippen LogP contribution in [0.3, 0.4) is 0 Å². The Morgan fingerprint density at radius 3 is 2.50 bits per heavy atom. The summed E-state index contributed by atoms with van der Waals surface area (Å²) in [6.45, 7) is 3.23. The standard InChI is InChI=1S/C17H18ClNO2S/c1-3-17(2,21)16(20)19-15-10-9-13(11-14(15)18)22-12-7-5-4-6-8-12/h4-11,21H,3H2,1-2H3,(H,19,20). The molecule has 0 saturated heterocycles. The van der Waals surface area contributed by atoms with E-state index in [0.717, 1.165) is 9.79 Å². The van der Waals surface area contributed by atoms with Crippen LogP contribution in [0.1, 0.15) is 20.3 Å². The molecule has 0 fully saturated rings. The van der Waals surface area contributed by atoms with Crippen molar-refractivity contribution in [1.29, 1.82) is 0 Å². The van der Waals surface area contributed by atoms with E-state index >= 15 is 0 Å². The fourth-order valence-electron chi connectivity index (χ4n) is 1.70. The van der Waals surface area contributed by atoms with Crippen molar-refractivity contribution >= 4 is 35.0 Å². The maximum atomic E-state index is 12.0. The average molecular weight is 336 g/mol. The Kier molecular flexibility index (Phi) is 5.51. The van der Waals surface area contributed by atoms with Crippen molar-refractivity contribution in [2.24, 2.45) is 0 Å². The molecule has 0 aromatic heterocycles. The number of carbonyl (C=O) groups excluding carboxylic acids is 1. The highest BCUT2D eigenvalue weighted by molar-refractivity contribution is 7.99. The number of hydrogen-bond acceptors (Lipinski definition) is 3. The number of carbonyl (C=O) groups is 1. The van der Waals surface area contributed by atoms with Crippen LogP contribution in [-0.2, 0) is 4.79 Å². The second kappa shape index (κ2) is 7.18. The maximum absolute atomic E-state index is 12.0. The molecule has 1 atom stereocenters. The molecule has 2 aromatic rings. The van der Waals surface area contributed by atoms with E-state index in [-0.39, 0.29) is 0 Å². The summed E-state index contributed by atoms with van der Waals surface area (Å²) in [7, 11) is 0. The van der Waals surface area contributed by atoms with Gasteiger partial charge in [-0.1, -0.05) is 48.5 Å². The van der Waals surface area contributed by atoms with Crippen LogP contribution in [0.5, 0.6) is 0 Å². The van der Waals surface area contributed by atoms with Crippen molar-refractivity contribution in [1.82, 2.24) is 0 Å². The third-order valence-electron chi connectivity index (χ3n) is 3.35. The first-order chi connectivity index (χ1) is 10.4. The van der Waals surface area contributed by atoms with E-state index in [1.54, 1.807) is 30.8 Å². The highest BCUT2D eigenvalue weighted by atomic mass is 35.5. The predicted molar refractivity (Wildman–Crippen MR) is 91.6 cm³/mol. The summed E-state index contributed by atoms with van der Waals surface area (Å²) in [5.74, 6) is -0.458. The first-order valence-corrected chi connectivity index (χ1v) is 8.18. The summed E-state index contributed by atoms with van der Waals surface area (Å²) < 4.78 is 0. The van der Waals surface area contributed by atoms with Gasteiger partial charge in [0.25, 0.3) is 5.91 Å². The van der Waals surface area contributed by atoms with E-state index in [1.807, 2.05) is 36.4 Å². The van der Waals surface area contributed by atoms with Crippen molar-refractivity contribution in [3.8, 4) is 0 Å². The lowest BCUT2D eigenvalue weighted by molar-refractivity contribution is -0.132. The van der Waals surface area contributed by atoms with E-state index in [0.29, 0.717) is 17.1 Å². The van der Waals surface area contributed by atoms with E-state index < -0.39 is 11.5 Å². The SMILES string of the molecule is CCC(C)(O)C(=O)Nc1ccc(Sc2ccccc2)cc1Cl. The fraction of sp³-hybridized carbons (Fsp3) is 0.235. The largest absolute Gasteiger partial charge is 0.380 e. The molecule has 3 nitrogen and oxygen atoms in total. The quantitative estimate of drug-likeness (QED) is 0.840. The Hall–Kier alpha value is -1.49. The smallest absolute Gasteiger partial charge is 0.256 e. The molecule has 0 radical (unpaired) electrons. The highest BCUT2D eigenvalue weighted by Crippen LogP contribution is 2.33. The molecule has 0 bridgehead atoms. The molecule has 0 spiro atoms. The van der Waals surface area contributed by atoms with E-state index in [1.165, 1.54) is 6.92 Å². The Morgan fingerprint density at radius 1 is 1.23 bits per heavy atom. The van der Waals surface area contributed by atoms with Gasteiger partial charge in [-0.15, -0.1) is 0 Å². The molecule has 2 rings (SSSR count). The summed E-state index contributed by atoms with van der Waals surface area (Å²) >= 11 is 7.82. The number of nitrogens with one attached hydrogen (secondary N) is 1. The lowest BCUT2D eigenvalue weighted by Crippen LogP contribution is -2.39. The number of rotatable bonds is 5. The lowest BCUT2D eigenvalue weighted by atomic mass is 10.0. The van der Waals surface area contributed by atoms with Crippen LogP contribution in [0.25, 0.3) is 0 Å². The number of hydrogen-bond donors (Lipinski definition) is 2. The third kappa shape index (κ3) is 4.26. The molecule has 0 aliphatic heterocycles. The van der Waals surface area contributed by atoms with Crippen molar-refractivity contribution in [2.45, 2.75) is 35.7 Å². The minimum atomic E-state index is -1.40. The first kappa shape index (κ1) is 16.9. The predicted octanol–water partition coefficient (Wildman–Crippen LogP) is 4.59. The number of halogens is 1. The summed E-state index contributed by atoms with van der Waals surface area (Å²) in [5.41, 5.74) is -0.904. The number of benzene rings is 2. The number of aliphatic hydroxyl groups is 1. The van der Waals surface area contributed by atoms with Crippen LogP contribution in [-0.4, -0.2) is 16.6 Å². The van der Waals surface area contributed by atoms with Crippen molar-refractivity contribution in [3.05, 3.63) is 53.6 Å². The third-order valence-corrected chi connectivity index (χ3v) is 4.66. The zero-order valence-electron chi connectivity index (χ0n) is 12.5. The number of anilines is 1. The van der Waals surface area contributed by atoms with Crippen LogP contribution >= 0.6 is 23.4 Å². The van der Waals surface area contributed by atoms with Gasteiger partial charge in [0.2, 0.25) is 0 Å². The second-order valence-corrected chi connectivity index (χ2v) is 6.69. The van der Waals surface area contributed by atoms with E-state index in [4.69, 9.17) is 11.6 Å². The van der Waals surface area contributed by atoms with Gasteiger partial charge in [0.1, 0.15) is 5.60 Å². The molecule has 1 unspecified atom stereocenters. The molecule has 0 heterocycles. The molecule has 2 N–H and O–H groups in total. The van der Waals surface area contributed by atoms with Crippen molar-refractivity contribution < 1.29 is 9.90 Å². The zero-order valence-corrected chi connectivity index (χ0v) is 14.0. The lowest BCUT2D eigenvalue weighted by Gasteiger charge is -2.20. The summed E-state index contributed by atoms with van der Waals surface area (Å²) in [6.07, 6.45) is 0.332. The van der Waals surface area contributed by atoms with Gasteiger partial charge in [0, 0.05) is 9.79 Å². The van der Waals surface area contributed by atoms with Gasteiger partial charge in [-0.05, 0) is 43.7 Å². The topological polar surface area (TPSA) is 49.3 Å². The van der Waals surface area contributed by atoms with Gasteiger partial charge < -0.3 is 10.4 Å². The van der Waals surface area contributed by atoms with Crippen molar-refractivity contribution in [3.63, 3.8) is 0 Å². The van der Waals surface area contributed by atoms with Gasteiger partial charge in [-0.2, -0.15) is 0 Å². The fourth-order valence-corrected chi connectivity index (χ4v) is 2.87. The molecule has 2 aromatic carbocycles. The molecule has 22 heavy (non-hydrogen) atoms. The Balaban J connectivity index is 2.12. The monoisotopic (exact) mass is 335 g/mol. The molecule has 0 aliphatic carbocycles. The molecule has 1 amide bonds. The van der Waals surface area contributed by atoms with Gasteiger partial charge >= 0.3 is 0 Å². The summed E-state index contributed by atoms with van der Waals surface area (Å²) in [5, 5.41) is 13.0. The van der Waals surface area contributed by atoms with Gasteiger partial charge in [0.15, 0.2) is 0 Å². The van der Waals surface area contributed by atoms with Gasteiger partial charge in [0.05, 0.1) is 10.7 Å². The summed E-state index contributed by atoms with van der Waals surface area (Å²) in [4.78, 5) is 14.1. The molecule has 0 saturated carbocycles. The van der Waals surface area contributed by atoms with Crippen LogP contribution in [0.4, 0.5) is 5.69 Å². The minimum Gasteiger partial charge on any atom is -0.380 e. The van der Waals surface area contributed by atoms with Crippen LogP contribution in [0.15, 0.2) is 58.3 Å². The Morgan fingerprint density at radius 2 is 1.91 bits per heavy atom. The van der Waals surface area contributed by atoms with Gasteiger partial charge in [-0.25, -0.2) is 0 Å².